The Labute approximate surface area is 138 Å². The van der Waals surface area contributed by atoms with Crippen LogP contribution in [0.3, 0.4) is 0 Å². The highest BCUT2D eigenvalue weighted by molar-refractivity contribution is 5.79. The minimum atomic E-state index is -0.493. The third-order valence-electron chi connectivity index (χ3n) is 3.82. The van der Waals surface area contributed by atoms with E-state index >= 15 is 0 Å². The monoisotopic (exact) mass is 315 g/mol. The van der Waals surface area contributed by atoms with E-state index in [4.69, 9.17) is 4.74 Å². The summed E-state index contributed by atoms with van der Waals surface area (Å²) in [5, 5.41) is 0. The van der Waals surface area contributed by atoms with Crippen LogP contribution in [0.1, 0.15) is 45.8 Å². The minimum Gasteiger partial charge on any atom is -0.455 e. The number of carbonyl (C=O) groups is 2. The summed E-state index contributed by atoms with van der Waals surface area (Å²) in [7, 11) is 1.74. The van der Waals surface area contributed by atoms with E-state index in [1.54, 1.807) is 18.9 Å². The zero-order chi connectivity index (χ0) is 17.4. The molecule has 0 heterocycles. The second-order valence-corrected chi connectivity index (χ2v) is 5.66. The van der Waals surface area contributed by atoms with Crippen molar-refractivity contribution in [2.45, 2.75) is 46.3 Å². The molecule has 0 bridgehead atoms. The Balaban J connectivity index is 2.94. The maximum Gasteiger partial charge on any atom is 0.303 e. The van der Waals surface area contributed by atoms with E-state index in [0.29, 0.717) is 6.42 Å². The summed E-state index contributed by atoms with van der Waals surface area (Å²) in [6, 6.07) is 9.20. The molecule has 0 aromatic heterocycles. The average Bonchev–Trinajstić information content (AvgIpc) is 2.56. The number of hydrogen-bond acceptors (Lipinski definition) is 3. The van der Waals surface area contributed by atoms with Crippen molar-refractivity contribution >= 4 is 11.9 Å². The molecule has 1 rings (SSSR count). The Kier molecular flexibility index (Phi) is 7.34. The SMILES string of the molecule is CC#CCC(C)C(=O)N(C)C(C)C(OC(C)=O)c1ccccc1. The lowest BCUT2D eigenvalue weighted by Gasteiger charge is -2.33. The minimum absolute atomic E-state index is 0.00617. The molecule has 0 saturated carbocycles. The van der Waals surface area contributed by atoms with Gasteiger partial charge in [-0.3, -0.25) is 9.59 Å². The summed E-state index contributed by atoms with van der Waals surface area (Å²) in [5.74, 6) is 5.18. The van der Waals surface area contributed by atoms with Crippen molar-refractivity contribution in [1.82, 2.24) is 4.90 Å². The number of carbonyl (C=O) groups excluding carboxylic acids is 2. The van der Waals surface area contributed by atoms with Crippen molar-refractivity contribution in [3.05, 3.63) is 35.9 Å². The van der Waals surface area contributed by atoms with Crippen LogP contribution in [0.25, 0.3) is 0 Å². The molecule has 1 amide bonds. The van der Waals surface area contributed by atoms with E-state index in [1.165, 1.54) is 6.92 Å². The van der Waals surface area contributed by atoms with Crippen LogP contribution in [0, 0.1) is 17.8 Å². The van der Waals surface area contributed by atoms with Gasteiger partial charge in [-0.25, -0.2) is 0 Å². The van der Waals surface area contributed by atoms with Gasteiger partial charge in [0, 0.05) is 26.3 Å². The van der Waals surface area contributed by atoms with Gasteiger partial charge in [0.2, 0.25) is 5.91 Å². The lowest BCUT2D eigenvalue weighted by atomic mass is 10.00. The van der Waals surface area contributed by atoms with E-state index in [0.717, 1.165) is 5.56 Å². The summed E-state index contributed by atoms with van der Waals surface area (Å²) in [6.07, 6.45) is 0.0304. The summed E-state index contributed by atoms with van der Waals surface area (Å²) < 4.78 is 5.47. The van der Waals surface area contributed by atoms with Crippen LogP contribution in [0.15, 0.2) is 30.3 Å². The van der Waals surface area contributed by atoms with Crippen molar-refractivity contribution in [2.75, 3.05) is 7.05 Å². The van der Waals surface area contributed by atoms with Crippen molar-refractivity contribution in [1.29, 1.82) is 0 Å². The maximum absolute atomic E-state index is 12.5. The van der Waals surface area contributed by atoms with Crippen LogP contribution < -0.4 is 0 Å². The molecule has 4 nitrogen and oxygen atoms in total. The predicted molar refractivity (Wildman–Crippen MR) is 90.4 cm³/mol. The number of likely N-dealkylation sites (N-methyl/N-ethyl adjacent to an activating group) is 1. The lowest BCUT2D eigenvalue weighted by molar-refractivity contribution is -0.154. The fourth-order valence-corrected chi connectivity index (χ4v) is 2.36. The molecular formula is C19H25NO3. The highest BCUT2D eigenvalue weighted by atomic mass is 16.5. The summed E-state index contributed by atoms with van der Waals surface area (Å²) >= 11 is 0. The Morgan fingerprint density at radius 1 is 1.22 bits per heavy atom. The van der Waals surface area contributed by atoms with Crippen LogP contribution in [-0.4, -0.2) is 29.9 Å². The Bertz CT molecular complexity index is 586. The molecule has 4 heteroatoms. The van der Waals surface area contributed by atoms with Crippen LogP contribution in [0.4, 0.5) is 0 Å². The molecule has 124 valence electrons. The first kappa shape index (κ1) is 18.8. The van der Waals surface area contributed by atoms with Gasteiger partial charge in [-0.15, -0.1) is 11.8 Å². The topological polar surface area (TPSA) is 46.6 Å². The first-order valence-electron chi connectivity index (χ1n) is 7.76. The summed E-state index contributed by atoms with van der Waals surface area (Å²) in [6.45, 7) is 6.88. The molecule has 1 aromatic rings. The standard InChI is InChI=1S/C19H25NO3/c1-6-7-11-14(2)19(22)20(5)15(3)18(23-16(4)21)17-12-9-8-10-13-17/h8-10,12-15,18H,11H2,1-5H3. The van der Waals surface area contributed by atoms with Gasteiger partial charge in [0.1, 0.15) is 6.10 Å². The highest BCUT2D eigenvalue weighted by Crippen LogP contribution is 2.25. The largest absolute Gasteiger partial charge is 0.455 e. The highest BCUT2D eigenvalue weighted by Gasteiger charge is 2.30. The van der Waals surface area contributed by atoms with Crippen LogP contribution >= 0.6 is 0 Å². The van der Waals surface area contributed by atoms with Crippen molar-refractivity contribution < 1.29 is 14.3 Å². The zero-order valence-corrected chi connectivity index (χ0v) is 14.5. The Morgan fingerprint density at radius 3 is 2.35 bits per heavy atom. The molecule has 23 heavy (non-hydrogen) atoms. The summed E-state index contributed by atoms with van der Waals surface area (Å²) in [5.41, 5.74) is 0.871. The number of ether oxygens (including phenoxy) is 1. The molecule has 0 spiro atoms. The van der Waals surface area contributed by atoms with E-state index in [2.05, 4.69) is 11.8 Å². The smallest absolute Gasteiger partial charge is 0.303 e. The number of benzene rings is 1. The van der Waals surface area contributed by atoms with Gasteiger partial charge in [0.05, 0.1) is 6.04 Å². The van der Waals surface area contributed by atoms with Gasteiger partial charge in [-0.2, -0.15) is 0 Å². The average molecular weight is 315 g/mol. The van der Waals surface area contributed by atoms with Crippen LogP contribution in [0.2, 0.25) is 0 Å². The molecule has 3 unspecified atom stereocenters. The molecule has 0 aliphatic rings. The van der Waals surface area contributed by atoms with Gasteiger partial charge < -0.3 is 9.64 Å². The quantitative estimate of drug-likeness (QED) is 0.598. The third-order valence-corrected chi connectivity index (χ3v) is 3.82. The number of hydrogen-bond donors (Lipinski definition) is 0. The molecule has 0 N–H and O–H groups in total. The normalized spacial score (nSPS) is 14.0. The van der Waals surface area contributed by atoms with Crippen LogP contribution in [0.5, 0.6) is 0 Å². The number of nitrogens with zero attached hydrogens (tertiary/aromatic N) is 1. The fraction of sp³-hybridized carbons (Fsp3) is 0.474. The second kappa shape index (κ2) is 8.99. The van der Waals surface area contributed by atoms with Gasteiger partial charge in [0.15, 0.2) is 0 Å². The van der Waals surface area contributed by atoms with E-state index in [9.17, 15) is 9.59 Å². The second-order valence-electron chi connectivity index (χ2n) is 5.66. The number of amides is 1. The van der Waals surface area contributed by atoms with E-state index in [-0.39, 0.29) is 23.8 Å². The zero-order valence-electron chi connectivity index (χ0n) is 14.5. The van der Waals surface area contributed by atoms with Crippen molar-refractivity contribution in [3.8, 4) is 11.8 Å². The van der Waals surface area contributed by atoms with E-state index < -0.39 is 6.10 Å². The first-order chi connectivity index (χ1) is 10.9. The molecule has 0 aliphatic heterocycles. The predicted octanol–water partition coefficient (Wildman–Crippen LogP) is 3.19. The third kappa shape index (κ3) is 5.45. The van der Waals surface area contributed by atoms with E-state index in [1.807, 2.05) is 44.2 Å². The molecule has 0 radical (unpaired) electrons. The lowest BCUT2D eigenvalue weighted by Crippen LogP contribution is -2.42. The van der Waals surface area contributed by atoms with Gasteiger partial charge in [-0.1, -0.05) is 37.3 Å². The molecule has 0 saturated heterocycles. The summed E-state index contributed by atoms with van der Waals surface area (Å²) in [4.78, 5) is 25.6. The Morgan fingerprint density at radius 2 is 1.83 bits per heavy atom. The first-order valence-corrected chi connectivity index (χ1v) is 7.76. The van der Waals surface area contributed by atoms with Crippen molar-refractivity contribution in [2.24, 2.45) is 5.92 Å². The maximum atomic E-state index is 12.5. The molecule has 3 atom stereocenters. The number of esters is 1. The van der Waals surface area contributed by atoms with Gasteiger partial charge in [-0.05, 0) is 19.4 Å². The molecule has 1 aromatic carbocycles. The fourth-order valence-electron chi connectivity index (χ4n) is 2.36. The molecule has 0 aliphatic carbocycles. The molecular weight excluding hydrogens is 290 g/mol. The Hall–Kier alpha value is -2.28. The van der Waals surface area contributed by atoms with Gasteiger partial charge >= 0.3 is 5.97 Å². The number of rotatable bonds is 6. The van der Waals surface area contributed by atoms with Crippen LogP contribution in [-0.2, 0) is 14.3 Å². The van der Waals surface area contributed by atoms with Crippen molar-refractivity contribution in [3.63, 3.8) is 0 Å². The van der Waals surface area contributed by atoms with Gasteiger partial charge in [0.25, 0.3) is 0 Å². The molecule has 0 fully saturated rings.